The van der Waals surface area contributed by atoms with E-state index in [1.54, 1.807) is 6.07 Å². The Hall–Kier alpha value is -3.47. The molecule has 0 spiro atoms. The molecule has 5 nitrogen and oxygen atoms in total. The molecule has 0 aliphatic carbocycles. The van der Waals surface area contributed by atoms with Gasteiger partial charge in [-0.15, -0.1) is 11.8 Å². The lowest BCUT2D eigenvalue weighted by molar-refractivity contribution is 0.0946. The Morgan fingerprint density at radius 1 is 0.514 bits per heavy atom. The summed E-state index contributed by atoms with van der Waals surface area (Å²) in [6.45, 7) is 21.3. The van der Waals surface area contributed by atoms with Crippen molar-refractivity contribution in [2.45, 2.75) is 121 Å². The normalized spacial score (nSPS) is 21.8. The lowest BCUT2D eigenvalue weighted by Gasteiger charge is -2.23. The molecule has 6 aromatic carbocycles. The number of thioether (sulfide) groups is 1. The molecule has 6 aliphatic heterocycles. The Labute approximate surface area is 449 Å². The van der Waals surface area contributed by atoms with Gasteiger partial charge in [0.25, 0.3) is 0 Å². The summed E-state index contributed by atoms with van der Waals surface area (Å²) in [6, 6.07) is 39.8. The van der Waals surface area contributed by atoms with Crippen molar-refractivity contribution in [3.05, 3.63) is 184 Å². The molecular formula is C60H68Br2Cl2O5S. The summed E-state index contributed by atoms with van der Waals surface area (Å²) in [5.41, 5.74) is 12.4. The molecule has 6 aliphatic rings. The fourth-order valence-electron chi connectivity index (χ4n) is 9.40. The molecule has 0 saturated heterocycles. The van der Waals surface area contributed by atoms with E-state index in [1.165, 1.54) is 55.2 Å². The van der Waals surface area contributed by atoms with E-state index in [2.05, 4.69) is 165 Å². The van der Waals surface area contributed by atoms with Crippen LogP contribution < -0.4 is 14.2 Å². The molecule has 6 atom stereocenters. The van der Waals surface area contributed by atoms with E-state index >= 15 is 0 Å². The van der Waals surface area contributed by atoms with E-state index in [-0.39, 0.29) is 0 Å². The van der Waals surface area contributed by atoms with Crippen LogP contribution in [-0.2, 0) is 22.7 Å². The Bertz CT molecular complexity index is 2590. The van der Waals surface area contributed by atoms with Crippen molar-refractivity contribution in [1.29, 1.82) is 0 Å². The number of hydrogen-bond acceptors (Lipinski definition) is 6. The first kappa shape index (κ1) is 54.3. The van der Waals surface area contributed by atoms with Crippen molar-refractivity contribution in [2.75, 3.05) is 38.8 Å². The molecule has 0 bridgehead atoms. The number of aryl methyl sites for hydroxylation is 1. The SMILES string of the molecule is CC1CCOc2c(Br)cccc21.CC1CCOc2c(Cl)cc(Cl)cc21.CC1CCOc2ccc(Br)cc21.CC1COCc2ccccc21.CC1CSc2ccccc21.Cc1cccc2c1COCC2C. The highest BCUT2D eigenvalue weighted by Crippen LogP contribution is 2.42. The van der Waals surface area contributed by atoms with Crippen molar-refractivity contribution in [3.63, 3.8) is 0 Å². The van der Waals surface area contributed by atoms with Crippen molar-refractivity contribution in [2.24, 2.45) is 0 Å². The second-order valence-corrected chi connectivity index (χ2v) is 22.9. The van der Waals surface area contributed by atoms with Gasteiger partial charge in [-0.3, -0.25) is 0 Å². The van der Waals surface area contributed by atoms with E-state index in [9.17, 15) is 0 Å². The first-order chi connectivity index (χ1) is 33.8. The van der Waals surface area contributed by atoms with Gasteiger partial charge >= 0.3 is 0 Å². The number of fused-ring (bicyclic) bond motifs is 6. The largest absolute Gasteiger partial charge is 0.493 e. The van der Waals surface area contributed by atoms with Crippen LogP contribution in [0.2, 0.25) is 10.0 Å². The molecule has 372 valence electrons. The van der Waals surface area contributed by atoms with Gasteiger partial charge in [-0.05, 0) is 153 Å². The van der Waals surface area contributed by atoms with Gasteiger partial charge in [0, 0.05) is 37.5 Å². The zero-order chi connectivity index (χ0) is 49.7. The lowest BCUT2D eigenvalue weighted by Crippen LogP contribution is -2.15. The quantitative estimate of drug-likeness (QED) is 0.151. The summed E-state index contributed by atoms with van der Waals surface area (Å²) < 4.78 is 29.7. The third-order valence-electron chi connectivity index (χ3n) is 13.7. The Balaban J connectivity index is 0.000000124. The molecule has 6 unspecified atom stereocenters. The molecule has 6 heterocycles. The van der Waals surface area contributed by atoms with Crippen LogP contribution in [0, 0.1) is 6.92 Å². The maximum absolute atomic E-state index is 6.00. The number of benzene rings is 6. The van der Waals surface area contributed by atoms with Gasteiger partial charge < -0.3 is 23.7 Å². The third-order valence-corrected chi connectivity index (χ3v) is 16.7. The molecule has 0 fully saturated rings. The van der Waals surface area contributed by atoms with Crippen LogP contribution in [0.3, 0.4) is 0 Å². The van der Waals surface area contributed by atoms with Crippen LogP contribution in [0.25, 0.3) is 0 Å². The number of hydrogen-bond donors (Lipinski definition) is 0. The molecule has 10 heteroatoms. The van der Waals surface area contributed by atoms with Gasteiger partial charge in [0.2, 0.25) is 0 Å². The van der Waals surface area contributed by atoms with Crippen molar-refractivity contribution in [1.82, 2.24) is 0 Å². The molecular weight excluding hydrogens is 1060 g/mol. The molecule has 0 radical (unpaired) electrons. The van der Waals surface area contributed by atoms with Crippen molar-refractivity contribution >= 4 is 66.8 Å². The number of halogens is 4. The van der Waals surface area contributed by atoms with E-state index in [4.69, 9.17) is 46.9 Å². The Kier molecular flexibility index (Phi) is 20.5. The van der Waals surface area contributed by atoms with Crippen LogP contribution in [0.4, 0.5) is 0 Å². The highest BCUT2D eigenvalue weighted by Gasteiger charge is 2.23. The molecule has 70 heavy (non-hydrogen) atoms. The van der Waals surface area contributed by atoms with Gasteiger partial charge in [0.1, 0.15) is 17.2 Å². The predicted molar refractivity (Wildman–Crippen MR) is 300 cm³/mol. The smallest absolute Gasteiger partial charge is 0.141 e. The number of para-hydroxylation sites is 1. The zero-order valence-corrected chi connectivity index (χ0v) is 47.2. The molecule has 6 aromatic rings. The topological polar surface area (TPSA) is 46.2 Å². The van der Waals surface area contributed by atoms with E-state index in [1.807, 2.05) is 36.0 Å². The fraction of sp³-hybridized carbons (Fsp3) is 0.400. The minimum Gasteiger partial charge on any atom is -0.493 e. The van der Waals surface area contributed by atoms with Gasteiger partial charge in [0.15, 0.2) is 0 Å². The summed E-state index contributed by atoms with van der Waals surface area (Å²) >= 11 is 20.8. The molecule has 0 saturated carbocycles. The average molecular weight is 1130 g/mol. The molecule has 0 N–H and O–H groups in total. The molecule has 12 rings (SSSR count). The fourth-order valence-corrected chi connectivity index (χ4v) is 12.1. The highest BCUT2D eigenvalue weighted by atomic mass is 79.9. The summed E-state index contributed by atoms with van der Waals surface area (Å²) in [6.07, 6.45) is 3.29. The maximum atomic E-state index is 6.00. The highest BCUT2D eigenvalue weighted by molar-refractivity contribution is 9.10. The van der Waals surface area contributed by atoms with Crippen LogP contribution in [0.15, 0.2) is 129 Å². The van der Waals surface area contributed by atoms with Gasteiger partial charge in [0.05, 0.1) is 55.7 Å². The third kappa shape index (κ3) is 14.4. The van der Waals surface area contributed by atoms with Crippen LogP contribution in [0.5, 0.6) is 17.2 Å². The van der Waals surface area contributed by atoms with Crippen molar-refractivity contribution in [3.8, 4) is 17.2 Å². The first-order valence-corrected chi connectivity index (χ1v) is 28.1. The van der Waals surface area contributed by atoms with E-state index in [0.29, 0.717) is 39.6 Å². The van der Waals surface area contributed by atoms with Crippen LogP contribution in [0.1, 0.15) is 146 Å². The van der Waals surface area contributed by atoms with Gasteiger partial charge in [-0.2, -0.15) is 0 Å². The minimum absolute atomic E-state index is 0.486. The van der Waals surface area contributed by atoms with Gasteiger partial charge in [-0.25, -0.2) is 0 Å². The maximum Gasteiger partial charge on any atom is 0.141 e. The molecule has 0 aromatic heterocycles. The Morgan fingerprint density at radius 2 is 1.11 bits per heavy atom. The number of rotatable bonds is 0. The van der Waals surface area contributed by atoms with E-state index in [0.717, 1.165) is 103 Å². The average Bonchev–Trinajstić information content (AvgIpc) is 3.74. The van der Waals surface area contributed by atoms with E-state index < -0.39 is 0 Å². The summed E-state index contributed by atoms with van der Waals surface area (Å²) in [5, 5.41) is 1.30. The minimum atomic E-state index is 0.486. The predicted octanol–water partition coefficient (Wildman–Crippen LogP) is 18.4. The van der Waals surface area contributed by atoms with Crippen molar-refractivity contribution < 1.29 is 23.7 Å². The summed E-state index contributed by atoms with van der Waals surface area (Å²) in [7, 11) is 0. The summed E-state index contributed by atoms with van der Waals surface area (Å²) in [4.78, 5) is 1.48. The van der Waals surface area contributed by atoms with Crippen LogP contribution >= 0.6 is 66.8 Å². The lowest BCUT2D eigenvalue weighted by atomic mass is 9.92. The standard InChI is InChI=1S/C11H14O.2C10H11BrO.C10H10Cl2O.C10H12O.C9H10S/c1-8-4-3-5-10-9(2)6-12-7-11(8)10;1-7-4-5-12-10-3-2-8(11)6-9(7)10;1-7-5-6-12-10-8(7)3-2-4-9(10)11;1-6-2-3-13-10-8(6)4-7(11)5-9(10)12;1-8-6-11-7-9-4-2-3-5-10(8)9;1-7-6-10-9-5-3-2-4-8(7)9/h3-5,9H,6-7H2,1-2H3;2-3,6-7H,4-5H2,1H3;2-4,7H,5-6H2,1H3;4-6H,2-3H2,1H3;2-5,8H,6-7H2,1H3;2-5,7H,6H2,1H3. The summed E-state index contributed by atoms with van der Waals surface area (Å²) in [5.74, 6) is 7.81. The second-order valence-electron chi connectivity index (χ2n) is 19.2. The van der Waals surface area contributed by atoms with Crippen LogP contribution in [-0.4, -0.2) is 38.8 Å². The zero-order valence-electron chi connectivity index (χ0n) is 41.7. The first-order valence-electron chi connectivity index (χ1n) is 24.8. The van der Waals surface area contributed by atoms with Gasteiger partial charge in [-0.1, -0.05) is 153 Å². The second kappa shape index (κ2) is 26.5. The Morgan fingerprint density at radius 3 is 1.83 bits per heavy atom. The molecule has 0 amide bonds. The number of ether oxygens (including phenoxy) is 5. The monoisotopic (exact) mass is 1130 g/mol.